The molecule has 0 bridgehead atoms. The summed E-state index contributed by atoms with van der Waals surface area (Å²) in [4.78, 5) is 0. The van der Waals surface area contributed by atoms with E-state index in [0.717, 1.165) is 5.76 Å². The smallest absolute Gasteiger partial charge is 0.158 e. The topological polar surface area (TPSA) is 21.3 Å². The largest absolute Gasteiger partial charge is 0.476 e. The summed E-state index contributed by atoms with van der Waals surface area (Å²) in [5.74, 6) is 1.04. The second-order valence-corrected chi connectivity index (χ2v) is 3.25. The Labute approximate surface area is 55.9 Å². The van der Waals surface area contributed by atoms with Crippen molar-refractivity contribution in [3.8, 4) is 0 Å². The number of nitrogens with one attached hydrogen (secondary N) is 1. The third kappa shape index (κ3) is 1.37. The molecule has 0 fully saturated rings. The molecule has 9 heavy (non-hydrogen) atoms. The zero-order chi connectivity index (χ0) is 6.91. The van der Waals surface area contributed by atoms with Crippen molar-refractivity contribution in [1.29, 1.82) is 0 Å². The second kappa shape index (κ2) is 1.94. The van der Waals surface area contributed by atoms with Crippen molar-refractivity contribution >= 4 is 0 Å². The first-order valence-corrected chi connectivity index (χ1v) is 3.17. The Balaban J connectivity index is 2.61. The van der Waals surface area contributed by atoms with E-state index >= 15 is 0 Å². The molecule has 0 aromatic carbocycles. The third-order valence-corrected chi connectivity index (χ3v) is 1.28. The van der Waals surface area contributed by atoms with Crippen LogP contribution in [0.4, 0.5) is 0 Å². The van der Waals surface area contributed by atoms with Crippen LogP contribution in [0.15, 0.2) is 12.0 Å². The normalized spacial score (nSPS) is 18.3. The molecule has 1 heterocycles. The van der Waals surface area contributed by atoms with Crippen molar-refractivity contribution in [2.75, 3.05) is 6.73 Å². The predicted molar refractivity (Wildman–Crippen MR) is 36.6 cm³/mol. The van der Waals surface area contributed by atoms with Gasteiger partial charge in [0.2, 0.25) is 0 Å². The summed E-state index contributed by atoms with van der Waals surface area (Å²) in [6.07, 6.45) is 1.93. The quantitative estimate of drug-likeness (QED) is 0.531. The first-order valence-electron chi connectivity index (χ1n) is 3.17. The molecule has 1 N–H and O–H groups in total. The molecule has 1 aliphatic heterocycles. The molecule has 0 spiro atoms. The first kappa shape index (κ1) is 6.46. The first-order chi connectivity index (χ1) is 4.11. The lowest BCUT2D eigenvalue weighted by molar-refractivity contribution is 0.172. The van der Waals surface area contributed by atoms with Crippen molar-refractivity contribution < 1.29 is 4.74 Å². The van der Waals surface area contributed by atoms with Crippen LogP contribution in [-0.2, 0) is 4.74 Å². The zero-order valence-electron chi connectivity index (χ0n) is 6.19. The molecule has 2 heteroatoms. The van der Waals surface area contributed by atoms with E-state index in [1.54, 1.807) is 0 Å². The van der Waals surface area contributed by atoms with E-state index < -0.39 is 0 Å². The molecule has 0 aromatic rings. The van der Waals surface area contributed by atoms with Gasteiger partial charge in [-0.15, -0.1) is 0 Å². The van der Waals surface area contributed by atoms with Gasteiger partial charge in [-0.3, -0.25) is 0 Å². The number of allylic oxidation sites excluding steroid dienone is 1. The van der Waals surface area contributed by atoms with Gasteiger partial charge < -0.3 is 10.1 Å². The summed E-state index contributed by atoms with van der Waals surface area (Å²) in [6.45, 7) is 7.02. The lowest BCUT2D eigenvalue weighted by Gasteiger charge is -2.17. The Morgan fingerprint density at radius 2 is 2.22 bits per heavy atom. The van der Waals surface area contributed by atoms with Gasteiger partial charge in [0.25, 0.3) is 0 Å². The van der Waals surface area contributed by atoms with Gasteiger partial charge in [0.1, 0.15) is 5.76 Å². The predicted octanol–water partition coefficient (Wildman–Crippen LogP) is 1.45. The van der Waals surface area contributed by atoms with Crippen LogP contribution in [0, 0.1) is 5.41 Å². The molecule has 52 valence electrons. The van der Waals surface area contributed by atoms with Crippen LogP contribution in [0.3, 0.4) is 0 Å². The molecule has 0 saturated heterocycles. The van der Waals surface area contributed by atoms with Gasteiger partial charge >= 0.3 is 0 Å². The summed E-state index contributed by atoms with van der Waals surface area (Å²) in [6, 6.07) is 0. The monoisotopic (exact) mass is 127 g/mol. The van der Waals surface area contributed by atoms with Crippen molar-refractivity contribution in [1.82, 2.24) is 5.32 Å². The van der Waals surface area contributed by atoms with Crippen LogP contribution in [-0.4, -0.2) is 6.73 Å². The maximum Gasteiger partial charge on any atom is 0.158 e. The van der Waals surface area contributed by atoms with Crippen LogP contribution in [0.2, 0.25) is 0 Å². The van der Waals surface area contributed by atoms with Crippen molar-refractivity contribution in [2.24, 2.45) is 5.41 Å². The maximum absolute atomic E-state index is 5.27. The molecule has 0 saturated carbocycles. The number of rotatable bonds is 0. The molecule has 0 aromatic heterocycles. The highest BCUT2D eigenvalue weighted by molar-refractivity contribution is 5.04. The van der Waals surface area contributed by atoms with E-state index in [0.29, 0.717) is 6.73 Å². The molecule has 2 nitrogen and oxygen atoms in total. The van der Waals surface area contributed by atoms with Crippen LogP contribution in [0.5, 0.6) is 0 Å². The molecule has 0 atom stereocenters. The Bertz CT molecular complexity index is 132. The summed E-state index contributed by atoms with van der Waals surface area (Å²) in [5.41, 5.74) is 0.156. The SMILES string of the molecule is CC(C)(C)C1=CNCO1. The highest BCUT2D eigenvalue weighted by atomic mass is 16.5. The van der Waals surface area contributed by atoms with Gasteiger partial charge in [-0.25, -0.2) is 0 Å². The Morgan fingerprint density at radius 3 is 2.44 bits per heavy atom. The molecular formula is C7H13NO. The summed E-state index contributed by atoms with van der Waals surface area (Å²) in [7, 11) is 0. The molecule has 1 rings (SSSR count). The number of ether oxygens (including phenoxy) is 1. The average molecular weight is 127 g/mol. The molecule has 0 aliphatic carbocycles. The minimum Gasteiger partial charge on any atom is -0.476 e. The molecule has 0 radical (unpaired) electrons. The van der Waals surface area contributed by atoms with Crippen molar-refractivity contribution in [3.63, 3.8) is 0 Å². The third-order valence-electron chi connectivity index (χ3n) is 1.28. The van der Waals surface area contributed by atoms with Crippen LogP contribution < -0.4 is 5.32 Å². The molecule has 1 aliphatic rings. The Hall–Kier alpha value is -0.660. The van der Waals surface area contributed by atoms with Gasteiger partial charge in [-0.2, -0.15) is 0 Å². The second-order valence-electron chi connectivity index (χ2n) is 3.25. The number of hydrogen-bond donors (Lipinski definition) is 1. The van der Waals surface area contributed by atoms with Gasteiger partial charge in [0, 0.05) is 11.6 Å². The maximum atomic E-state index is 5.27. The van der Waals surface area contributed by atoms with E-state index in [1.807, 2.05) is 6.20 Å². The summed E-state index contributed by atoms with van der Waals surface area (Å²) < 4.78 is 5.27. The van der Waals surface area contributed by atoms with Crippen LogP contribution in [0.25, 0.3) is 0 Å². The highest BCUT2D eigenvalue weighted by Crippen LogP contribution is 2.26. The van der Waals surface area contributed by atoms with E-state index in [1.165, 1.54) is 0 Å². The average Bonchev–Trinajstić information content (AvgIpc) is 2.08. The summed E-state index contributed by atoms with van der Waals surface area (Å²) in [5, 5.41) is 2.99. The Kier molecular flexibility index (Phi) is 1.39. The number of hydrogen-bond acceptors (Lipinski definition) is 2. The lowest BCUT2D eigenvalue weighted by atomic mass is 9.95. The fourth-order valence-corrected chi connectivity index (χ4v) is 0.728. The van der Waals surface area contributed by atoms with Gasteiger partial charge in [-0.1, -0.05) is 20.8 Å². The van der Waals surface area contributed by atoms with E-state index in [4.69, 9.17) is 4.74 Å². The minimum atomic E-state index is 0.156. The van der Waals surface area contributed by atoms with Crippen LogP contribution in [0.1, 0.15) is 20.8 Å². The zero-order valence-corrected chi connectivity index (χ0v) is 6.19. The highest BCUT2D eigenvalue weighted by Gasteiger charge is 2.20. The van der Waals surface area contributed by atoms with E-state index in [9.17, 15) is 0 Å². The van der Waals surface area contributed by atoms with E-state index in [-0.39, 0.29) is 5.41 Å². The molecule has 0 unspecified atom stereocenters. The van der Waals surface area contributed by atoms with Crippen molar-refractivity contribution in [3.05, 3.63) is 12.0 Å². The van der Waals surface area contributed by atoms with Gasteiger partial charge in [-0.05, 0) is 0 Å². The Morgan fingerprint density at radius 1 is 1.56 bits per heavy atom. The fraction of sp³-hybridized carbons (Fsp3) is 0.714. The molecular weight excluding hydrogens is 114 g/mol. The molecule has 0 amide bonds. The van der Waals surface area contributed by atoms with Gasteiger partial charge in [0.05, 0.1) is 0 Å². The van der Waals surface area contributed by atoms with Crippen molar-refractivity contribution in [2.45, 2.75) is 20.8 Å². The van der Waals surface area contributed by atoms with Crippen LogP contribution >= 0.6 is 0 Å². The standard InChI is InChI=1S/C7H13NO/c1-7(2,3)6-4-8-5-9-6/h4,8H,5H2,1-3H3. The minimum absolute atomic E-state index is 0.156. The lowest BCUT2D eigenvalue weighted by Crippen LogP contribution is -2.09. The summed E-state index contributed by atoms with van der Waals surface area (Å²) >= 11 is 0. The van der Waals surface area contributed by atoms with Gasteiger partial charge in [0.15, 0.2) is 6.73 Å². The van der Waals surface area contributed by atoms with E-state index in [2.05, 4.69) is 26.1 Å². The fourth-order valence-electron chi connectivity index (χ4n) is 0.728.